The van der Waals surface area contributed by atoms with Crippen LogP contribution in [0.3, 0.4) is 0 Å². The summed E-state index contributed by atoms with van der Waals surface area (Å²) in [5, 5.41) is 10.4. The summed E-state index contributed by atoms with van der Waals surface area (Å²) in [5.74, 6) is 0.207. The Bertz CT molecular complexity index is 1650. The second kappa shape index (κ2) is 9.81. The van der Waals surface area contributed by atoms with Crippen LogP contribution in [0.4, 0.5) is 4.39 Å². The number of rotatable bonds is 4. The van der Waals surface area contributed by atoms with E-state index in [9.17, 15) is 14.3 Å². The van der Waals surface area contributed by atoms with E-state index < -0.39 is 11.7 Å². The van der Waals surface area contributed by atoms with Gasteiger partial charge in [0.1, 0.15) is 28.3 Å². The van der Waals surface area contributed by atoms with Crippen LogP contribution in [-0.4, -0.2) is 29.6 Å². The molecule has 0 radical (unpaired) electrons. The van der Waals surface area contributed by atoms with Crippen LogP contribution in [0.25, 0.3) is 17.1 Å². The lowest BCUT2D eigenvalue weighted by Crippen LogP contribution is -2.26. The number of pyridine rings is 3. The summed E-state index contributed by atoms with van der Waals surface area (Å²) in [5.41, 5.74) is 3.39. The summed E-state index contributed by atoms with van der Waals surface area (Å²) in [7, 11) is 0. The zero-order chi connectivity index (χ0) is 27.3. The van der Waals surface area contributed by atoms with E-state index in [1.807, 2.05) is 12.1 Å². The van der Waals surface area contributed by atoms with E-state index in [1.54, 1.807) is 36.9 Å². The fraction of sp³-hybridized carbons (Fsp3) is 0.345. The van der Waals surface area contributed by atoms with Gasteiger partial charge in [0, 0.05) is 24.2 Å². The second-order valence-corrected chi connectivity index (χ2v) is 10.9. The molecule has 0 saturated carbocycles. The van der Waals surface area contributed by atoms with Crippen LogP contribution in [0, 0.1) is 5.82 Å². The maximum Gasteiger partial charge on any atom is 0.277 e. The van der Waals surface area contributed by atoms with Gasteiger partial charge in [0.05, 0.1) is 29.0 Å². The van der Waals surface area contributed by atoms with Gasteiger partial charge in [-0.3, -0.25) is 19.3 Å². The van der Waals surface area contributed by atoms with Crippen molar-refractivity contribution in [1.29, 1.82) is 0 Å². The maximum atomic E-state index is 13.8. The Morgan fingerprint density at radius 2 is 1.87 bits per heavy atom. The summed E-state index contributed by atoms with van der Waals surface area (Å²) in [6.07, 6.45) is 8.67. The van der Waals surface area contributed by atoms with Crippen molar-refractivity contribution >= 4 is 11.6 Å². The van der Waals surface area contributed by atoms with Gasteiger partial charge in [0.25, 0.3) is 5.56 Å². The number of hydrogen-bond acceptors (Lipinski definition) is 7. The van der Waals surface area contributed by atoms with Gasteiger partial charge in [-0.2, -0.15) is 0 Å². The largest absolute Gasteiger partial charge is 0.482 e. The van der Waals surface area contributed by atoms with Crippen LogP contribution in [0.15, 0.2) is 47.7 Å². The molecule has 8 nitrogen and oxygen atoms in total. The smallest absolute Gasteiger partial charge is 0.277 e. The summed E-state index contributed by atoms with van der Waals surface area (Å²) in [4.78, 5) is 31.3. The molecule has 0 spiro atoms. The van der Waals surface area contributed by atoms with Crippen LogP contribution in [0.5, 0.6) is 5.75 Å². The maximum absolute atomic E-state index is 13.8. The average molecular weight is 548 g/mol. The number of fused-ring (bicyclic) bond motifs is 4. The van der Waals surface area contributed by atoms with Gasteiger partial charge in [0.15, 0.2) is 5.82 Å². The third-order valence-corrected chi connectivity index (χ3v) is 7.56. The molecule has 0 fully saturated rings. The molecular formula is C29H27ClFN5O3. The lowest BCUT2D eigenvalue weighted by Gasteiger charge is -2.23. The molecule has 6 rings (SSSR count). The molecule has 1 unspecified atom stereocenters. The Balaban J connectivity index is 1.43. The molecule has 1 atom stereocenters. The molecule has 4 aromatic rings. The Morgan fingerprint density at radius 3 is 2.69 bits per heavy atom. The fourth-order valence-corrected chi connectivity index (χ4v) is 5.44. The first-order valence-corrected chi connectivity index (χ1v) is 13.4. The molecule has 1 aliphatic heterocycles. The van der Waals surface area contributed by atoms with Gasteiger partial charge in [-0.05, 0) is 81.7 Å². The van der Waals surface area contributed by atoms with Gasteiger partial charge in [-0.1, -0.05) is 11.6 Å². The molecule has 0 amide bonds. The van der Waals surface area contributed by atoms with Gasteiger partial charge in [-0.15, -0.1) is 0 Å². The number of nitrogens with zero attached hydrogens (tertiary/aromatic N) is 5. The Kier molecular flexibility index (Phi) is 6.43. The van der Waals surface area contributed by atoms with Crippen molar-refractivity contribution in [1.82, 2.24) is 24.5 Å². The molecule has 4 aromatic heterocycles. The van der Waals surface area contributed by atoms with E-state index in [4.69, 9.17) is 16.3 Å². The van der Waals surface area contributed by atoms with Gasteiger partial charge >= 0.3 is 0 Å². The SMILES string of the molecule is CC(C)(O)c1nccc(-c2cc3c(cn2)CCCCc2cc(OC4CCc5cc(F)cnc54)c(Cl)c(=O)n2-3)n1. The summed E-state index contributed by atoms with van der Waals surface area (Å²) in [6, 6.07) is 6.87. The van der Waals surface area contributed by atoms with Crippen LogP contribution in [0.2, 0.25) is 5.02 Å². The first-order chi connectivity index (χ1) is 18.7. The van der Waals surface area contributed by atoms with Crippen LogP contribution in [0.1, 0.15) is 67.6 Å². The molecular weight excluding hydrogens is 521 g/mol. The quantitative estimate of drug-likeness (QED) is 0.381. The molecule has 2 aliphatic rings. The first kappa shape index (κ1) is 25.6. The second-order valence-electron chi connectivity index (χ2n) is 10.5. The predicted octanol–water partition coefficient (Wildman–Crippen LogP) is 5.05. The Hall–Kier alpha value is -3.69. The van der Waals surface area contributed by atoms with Crippen molar-refractivity contribution in [3.05, 3.63) is 92.4 Å². The highest BCUT2D eigenvalue weighted by atomic mass is 35.5. The number of aliphatic hydroxyl groups is 1. The van der Waals surface area contributed by atoms with E-state index in [0.717, 1.165) is 36.1 Å². The van der Waals surface area contributed by atoms with E-state index >= 15 is 0 Å². The normalized spacial score (nSPS) is 16.6. The van der Waals surface area contributed by atoms with Crippen molar-refractivity contribution in [2.45, 2.75) is 64.1 Å². The molecule has 5 heterocycles. The predicted molar refractivity (Wildman–Crippen MR) is 144 cm³/mol. The molecule has 39 heavy (non-hydrogen) atoms. The lowest BCUT2D eigenvalue weighted by molar-refractivity contribution is 0.0688. The van der Waals surface area contributed by atoms with E-state index in [1.165, 1.54) is 12.3 Å². The standard InChI is InChI=1S/C29H27ClFN5O3/c1-29(2,38)28-32-10-9-20(35-28)21-13-22-17(14-33-21)5-3-4-6-19-12-24(25(30)27(37)36(19)22)39-23-8-7-16-11-18(31)15-34-26(16)23/h9-15,23,38H,3-8H2,1-2H3. The molecule has 0 saturated heterocycles. The zero-order valence-electron chi connectivity index (χ0n) is 21.6. The van der Waals surface area contributed by atoms with Crippen LogP contribution >= 0.6 is 11.6 Å². The van der Waals surface area contributed by atoms with Crippen LogP contribution < -0.4 is 10.3 Å². The monoisotopic (exact) mass is 547 g/mol. The third kappa shape index (κ3) is 4.81. The minimum atomic E-state index is -1.21. The Labute approximate surface area is 229 Å². The summed E-state index contributed by atoms with van der Waals surface area (Å²) >= 11 is 6.65. The fourth-order valence-electron chi connectivity index (χ4n) is 5.25. The molecule has 10 heteroatoms. The minimum Gasteiger partial charge on any atom is -0.482 e. The van der Waals surface area contributed by atoms with E-state index in [2.05, 4.69) is 19.9 Å². The molecule has 200 valence electrons. The number of hydrogen-bond donors (Lipinski definition) is 1. The summed E-state index contributed by atoms with van der Waals surface area (Å²) in [6.45, 7) is 3.24. The number of ether oxygens (including phenoxy) is 1. The lowest BCUT2D eigenvalue weighted by atomic mass is 10.0. The molecule has 1 aliphatic carbocycles. The van der Waals surface area contributed by atoms with Crippen molar-refractivity contribution in [3.63, 3.8) is 0 Å². The molecule has 0 bridgehead atoms. The van der Waals surface area contributed by atoms with Crippen molar-refractivity contribution in [2.75, 3.05) is 0 Å². The number of aromatic nitrogens is 5. The zero-order valence-corrected chi connectivity index (χ0v) is 22.4. The average Bonchev–Trinajstić information content (AvgIpc) is 3.29. The van der Waals surface area contributed by atoms with Gasteiger partial charge in [0.2, 0.25) is 0 Å². The summed E-state index contributed by atoms with van der Waals surface area (Å²) < 4.78 is 21.5. The Morgan fingerprint density at radius 1 is 1.05 bits per heavy atom. The molecule has 0 aromatic carbocycles. The minimum absolute atomic E-state index is 0.0226. The number of aryl methyl sites for hydroxylation is 3. The van der Waals surface area contributed by atoms with Gasteiger partial charge in [-0.25, -0.2) is 14.4 Å². The van der Waals surface area contributed by atoms with Crippen LogP contribution in [-0.2, 0) is 24.9 Å². The topological polar surface area (TPSA) is 103 Å². The van der Waals surface area contributed by atoms with Crippen molar-refractivity contribution in [3.8, 4) is 22.8 Å². The van der Waals surface area contributed by atoms with Crippen molar-refractivity contribution in [2.24, 2.45) is 0 Å². The highest BCUT2D eigenvalue weighted by Gasteiger charge is 2.29. The molecule has 1 N–H and O–H groups in total. The van der Waals surface area contributed by atoms with E-state index in [-0.39, 0.29) is 22.2 Å². The number of halogens is 2. The van der Waals surface area contributed by atoms with Gasteiger partial charge < -0.3 is 9.84 Å². The third-order valence-electron chi connectivity index (χ3n) is 7.21. The van der Waals surface area contributed by atoms with E-state index in [0.29, 0.717) is 47.8 Å². The first-order valence-electron chi connectivity index (χ1n) is 13.0. The van der Waals surface area contributed by atoms with Crippen molar-refractivity contribution < 1.29 is 14.2 Å². The highest BCUT2D eigenvalue weighted by molar-refractivity contribution is 6.31. The highest BCUT2D eigenvalue weighted by Crippen LogP contribution is 2.37.